The Morgan fingerprint density at radius 1 is 1.29 bits per heavy atom. The highest BCUT2D eigenvalue weighted by atomic mass is 32.2. The molecule has 3 nitrogen and oxygen atoms in total. The molecule has 0 aliphatic heterocycles. The molecule has 2 aromatic heterocycles. The number of rotatable bonds is 6. The number of nitrogens with zero attached hydrogens (tertiary/aromatic N) is 2. The molecular weight excluding hydrogens is 250 g/mol. The normalized spacial score (nSPS) is 12.5. The second-order valence-electron chi connectivity index (χ2n) is 3.64. The molecule has 0 radical (unpaired) electrons. The van der Waals surface area contributed by atoms with Gasteiger partial charge >= 0.3 is 0 Å². The van der Waals surface area contributed by atoms with Crippen molar-refractivity contribution in [1.29, 1.82) is 0 Å². The Morgan fingerprint density at radius 3 is 2.82 bits per heavy atom. The van der Waals surface area contributed by atoms with Crippen LogP contribution in [0.1, 0.15) is 23.8 Å². The summed E-state index contributed by atoms with van der Waals surface area (Å²) in [5.74, 6) is 1.02. The zero-order chi connectivity index (χ0) is 11.9. The van der Waals surface area contributed by atoms with Gasteiger partial charge < -0.3 is 5.73 Å². The number of hydrogen-bond acceptors (Lipinski definition) is 5. The lowest BCUT2D eigenvalue weighted by atomic mass is 10.1. The summed E-state index contributed by atoms with van der Waals surface area (Å²) in [6.45, 7) is 0. The third-order valence-electron chi connectivity index (χ3n) is 2.34. The number of thiophene rings is 1. The van der Waals surface area contributed by atoms with Crippen LogP contribution in [0.3, 0.4) is 0 Å². The van der Waals surface area contributed by atoms with Gasteiger partial charge in [-0.1, -0.05) is 17.8 Å². The van der Waals surface area contributed by atoms with Crippen LogP contribution in [0.4, 0.5) is 0 Å². The fraction of sp³-hybridized carbons (Fsp3) is 0.333. The van der Waals surface area contributed by atoms with E-state index in [4.69, 9.17) is 5.73 Å². The molecule has 2 aromatic rings. The fourth-order valence-corrected chi connectivity index (χ4v) is 3.00. The van der Waals surface area contributed by atoms with E-state index in [0.717, 1.165) is 23.8 Å². The van der Waals surface area contributed by atoms with Crippen molar-refractivity contribution in [2.24, 2.45) is 5.73 Å². The molecule has 0 saturated heterocycles. The summed E-state index contributed by atoms with van der Waals surface area (Å²) in [6.07, 6.45) is 5.64. The lowest BCUT2D eigenvalue weighted by molar-refractivity contribution is 0.652. The first-order chi connectivity index (χ1) is 8.36. The van der Waals surface area contributed by atoms with Gasteiger partial charge in [-0.15, -0.1) is 11.3 Å². The summed E-state index contributed by atoms with van der Waals surface area (Å²) < 4.78 is 0. The summed E-state index contributed by atoms with van der Waals surface area (Å²) >= 11 is 3.41. The molecule has 0 aliphatic rings. The number of thioether (sulfide) groups is 1. The first-order valence-corrected chi connectivity index (χ1v) is 7.41. The van der Waals surface area contributed by atoms with Gasteiger partial charge in [0.1, 0.15) is 0 Å². The monoisotopic (exact) mass is 265 g/mol. The molecule has 0 bridgehead atoms. The van der Waals surface area contributed by atoms with Gasteiger partial charge in [-0.25, -0.2) is 9.97 Å². The zero-order valence-electron chi connectivity index (χ0n) is 9.45. The van der Waals surface area contributed by atoms with E-state index in [0.29, 0.717) is 0 Å². The van der Waals surface area contributed by atoms with Gasteiger partial charge in [0.05, 0.1) is 0 Å². The van der Waals surface area contributed by atoms with Crippen LogP contribution in [0.25, 0.3) is 0 Å². The maximum atomic E-state index is 6.09. The lowest BCUT2D eigenvalue weighted by Gasteiger charge is -2.08. The van der Waals surface area contributed by atoms with Crippen molar-refractivity contribution in [3.63, 3.8) is 0 Å². The number of nitrogens with two attached hydrogens (primary N) is 1. The number of hydrogen-bond donors (Lipinski definition) is 1. The third-order valence-corrected chi connectivity index (χ3v) is 4.31. The average molecular weight is 265 g/mol. The van der Waals surface area contributed by atoms with Crippen LogP contribution in [0.2, 0.25) is 0 Å². The minimum Gasteiger partial charge on any atom is -0.323 e. The standard InChI is InChI=1S/C12H15N3S2/c13-10(11-5-2-8-16-11)4-1-9-17-12-14-6-3-7-15-12/h2-3,5-8,10H,1,4,9,13H2. The van der Waals surface area contributed by atoms with Crippen LogP contribution in [0.15, 0.2) is 41.1 Å². The minimum absolute atomic E-state index is 0.173. The van der Waals surface area contributed by atoms with Crippen molar-refractivity contribution in [2.45, 2.75) is 24.0 Å². The predicted octanol–water partition coefficient (Wildman–Crippen LogP) is 3.11. The van der Waals surface area contributed by atoms with Gasteiger partial charge in [0.15, 0.2) is 5.16 Å². The van der Waals surface area contributed by atoms with Crippen LogP contribution >= 0.6 is 23.1 Å². The van der Waals surface area contributed by atoms with E-state index >= 15 is 0 Å². The molecule has 2 heterocycles. The Kier molecular flexibility index (Phi) is 4.97. The zero-order valence-corrected chi connectivity index (χ0v) is 11.1. The van der Waals surface area contributed by atoms with Crippen LogP contribution in [-0.4, -0.2) is 15.7 Å². The summed E-state index contributed by atoms with van der Waals surface area (Å²) in [6, 6.07) is 6.15. The molecule has 0 saturated carbocycles. The summed E-state index contributed by atoms with van der Waals surface area (Å²) in [7, 11) is 0. The SMILES string of the molecule is NC(CCCSc1ncccn1)c1cccs1. The highest BCUT2D eigenvalue weighted by Gasteiger charge is 2.06. The van der Waals surface area contributed by atoms with Crippen molar-refractivity contribution >= 4 is 23.1 Å². The minimum atomic E-state index is 0.173. The molecule has 0 aromatic carbocycles. The van der Waals surface area contributed by atoms with Crippen molar-refractivity contribution < 1.29 is 0 Å². The molecule has 17 heavy (non-hydrogen) atoms. The molecule has 5 heteroatoms. The Labute approximate surface area is 109 Å². The van der Waals surface area contributed by atoms with E-state index in [2.05, 4.69) is 21.4 Å². The second kappa shape index (κ2) is 6.74. The first kappa shape index (κ1) is 12.5. The van der Waals surface area contributed by atoms with Crippen LogP contribution in [0, 0.1) is 0 Å². The Hall–Kier alpha value is -0.910. The second-order valence-corrected chi connectivity index (χ2v) is 5.69. The van der Waals surface area contributed by atoms with Crippen LogP contribution in [0.5, 0.6) is 0 Å². The lowest BCUT2D eigenvalue weighted by Crippen LogP contribution is -2.08. The van der Waals surface area contributed by atoms with Crippen LogP contribution in [-0.2, 0) is 0 Å². The van der Waals surface area contributed by atoms with Gasteiger partial charge in [0.25, 0.3) is 0 Å². The molecule has 0 amide bonds. The maximum Gasteiger partial charge on any atom is 0.187 e. The van der Waals surface area contributed by atoms with Gasteiger partial charge in [-0.2, -0.15) is 0 Å². The summed E-state index contributed by atoms with van der Waals surface area (Å²) in [5.41, 5.74) is 6.09. The summed E-state index contributed by atoms with van der Waals surface area (Å²) in [5, 5.41) is 2.92. The smallest absolute Gasteiger partial charge is 0.187 e. The Balaban J connectivity index is 1.67. The molecule has 1 unspecified atom stereocenters. The predicted molar refractivity (Wildman–Crippen MR) is 73.2 cm³/mol. The molecular formula is C12H15N3S2. The largest absolute Gasteiger partial charge is 0.323 e. The number of aromatic nitrogens is 2. The van der Waals surface area contributed by atoms with E-state index in [9.17, 15) is 0 Å². The topological polar surface area (TPSA) is 51.8 Å². The van der Waals surface area contributed by atoms with E-state index in [1.165, 1.54) is 4.88 Å². The maximum absolute atomic E-state index is 6.09. The molecule has 2 N–H and O–H groups in total. The highest BCUT2D eigenvalue weighted by molar-refractivity contribution is 7.99. The van der Waals surface area contributed by atoms with E-state index in [1.807, 2.05) is 12.1 Å². The van der Waals surface area contributed by atoms with Gasteiger partial charge in [-0.3, -0.25) is 0 Å². The van der Waals surface area contributed by atoms with Gasteiger partial charge in [-0.05, 0) is 30.4 Å². The third kappa shape index (κ3) is 4.11. The van der Waals surface area contributed by atoms with Crippen molar-refractivity contribution in [3.8, 4) is 0 Å². The van der Waals surface area contributed by atoms with Gasteiger partial charge in [0, 0.05) is 29.1 Å². The Morgan fingerprint density at radius 2 is 2.12 bits per heavy atom. The van der Waals surface area contributed by atoms with E-state index < -0.39 is 0 Å². The molecule has 90 valence electrons. The molecule has 0 aliphatic carbocycles. The first-order valence-electron chi connectivity index (χ1n) is 5.55. The Bertz CT molecular complexity index is 417. The molecule has 2 rings (SSSR count). The van der Waals surface area contributed by atoms with Crippen molar-refractivity contribution in [1.82, 2.24) is 9.97 Å². The van der Waals surface area contributed by atoms with Crippen molar-refractivity contribution in [3.05, 3.63) is 40.8 Å². The van der Waals surface area contributed by atoms with Gasteiger partial charge in [0.2, 0.25) is 0 Å². The molecule has 0 spiro atoms. The van der Waals surface area contributed by atoms with E-state index in [-0.39, 0.29) is 6.04 Å². The summed E-state index contributed by atoms with van der Waals surface area (Å²) in [4.78, 5) is 9.61. The van der Waals surface area contributed by atoms with Crippen LogP contribution < -0.4 is 5.73 Å². The highest BCUT2D eigenvalue weighted by Crippen LogP contribution is 2.22. The molecule has 1 atom stereocenters. The fourth-order valence-electron chi connectivity index (χ4n) is 1.47. The molecule has 0 fully saturated rings. The average Bonchev–Trinajstić information content (AvgIpc) is 2.89. The van der Waals surface area contributed by atoms with Crippen molar-refractivity contribution in [2.75, 3.05) is 5.75 Å². The quantitative estimate of drug-likeness (QED) is 0.495. The van der Waals surface area contributed by atoms with E-state index in [1.54, 1.807) is 35.5 Å².